The number of hydrogen-bond acceptors (Lipinski definition) is 5. The van der Waals surface area contributed by atoms with Crippen LogP contribution in [0.25, 0.3) is 11.4 Å². The minimum Gasteiger partial charge on any atom is -0.495 e. The molecule has 0 unspecified atom stereocenters. The molecule has 3 aromatic rings. The number of aromatic nitrogens is 2. The van der Waals surface area contributed by atoms with E-state index in [0.29, 0.717) is 28.1 Å². The summed E-state index contributed by atoms with van der Waals surface area (Å²) in [7, 11) is 1.57. The molecule has 0 fully saturated rings. The first-order chi connectivity index (χ1) is 13.5. The Kier molecular flexibility index (Phi) is 6.11. The summed E-state index contributed by atoms with van der Waals surface area (Å²) in [6, 6.07) is 16.3. The second-order valence-corrected chi connectivity index (χ2v) is 6.86. The number of ether oxygens (including phenoxy) is 1. The average Bonchev–Trinajstić information content (AvgIpc) is 2.68. The Hall–Kier alpha value is -3.12. The molecule has 1 heterocycles. The van der Waals surface area contributed by atoms with Gasteiger partial charge in [0.05, 0.1) is 12.8 Å². The first kappa shape index (κ1) is 19.6. The lowest BCUT2D eigenvalue weighted by Crippen LogP contribution is -2.31. The third-order valence-corrected chi connectivity index (χ3v) is 4.07. The van der Waals surface area contributed by atoms with E-state index < -0.39 is 0 Å². The molecule has 0 spiro atoms. The lowest BCUT2D eigenvalue weighted by molar-refractivity contribution is 0.0938. The van der Waals surface area contributed by atoms with Crippen molar-refractivity contribution in [2.24, 2.45) is 0 Å². The molecule has 2 aromatic carbocycles. The third-order valence-electron chi connectivity index (χ3n) is 3.83. The number of carbonyl (C=O) groups excluding carboxylic acids is 1. The zero-order valence-electron chi connectivity index (χ0n) is 15.9. The standard InChI is InChI=1S/C21H21ClN4O2/c1-13(2)23-21(27)17-12-19(24-16-11-15(22)9-10-18(16)28-3)26-20(25-17)14-7-5-4-6-8-14/h4-13H,1-3H3,(H,23,27)(H,24,25,26). The van der Waals surface area contributed by atoms with Crippen molar-refractivity contribution in [3.05, 3.63) is 65.3 Å². The van der Waals surface area contributed by atoms with Gasteiger partial charge in [0.15, 0.2) is 5.82 Å². The van der Waals surface area contributed by atoms with Gasteiger partial charge in [-0.3, -0.25) is 4.79 Å². The second kappa shape index (κ2) is 8.71. The zero-order valence-corrected chi connectivity index (χ0v) is 16.6. The van der Waals surface area contributed by atoms with Gasteiger partial charge in [0.25, 0.3) is 5.91 Å². The van der Waals surface area contributed by atoms with E-state index >= 15 is 0 Å². The van der Waals surface area contributed by atoms with Crippen molar-refractivity contribution in [3.8, 4) is 17.1 Å². The van der Waals surface area contributed by atoms with E-state index in [0.717, 1.165) is 5.56 Å². The maximum absolute atomic E-state index is 12.5. The minimum absolute atomic E-state index is 0.00734. The summed E-state index contributed by atoms with van der Waals surface area (Å²) >= 11 is 6.11. The number of carbonyl (C=O) groups is 1. The van der Waals surface area contributed by atoms with Crippen LogP contribution in [0.15, 0.2) is 54.6 Å². The highest BCUT2D eigenvalue weighted by molar-refractivity contribution is 6.31. The van der Waals surface area contributed by atoms with Crippen molar-refractivity contribution in [3.63, 3.8) is 0 Å². The number of methoxy groups -OCH3 is 1. The molecule has 1 aromatic heterocycles. The van der Waals surface area contributed by atoms with E-state index in [2.05, 4.69) is 20.6 Å². The lowest BCUT2D eigenvalue weighted by atomic mass is 10.2. The first-order valence-corrected chi connectivity index (χ1v) is 9.20. The molecule has 0 saturated carbocycles. The van der Waals surface area contributed by atoms with E-state index in [1.54, 1.807) is 31.4 Å². The van der Waals surface area contributed by atoms with E-state index in [9.17, 15) is 4.79 Å². The molecule has 7 heteroatoms. The molecule has 1 amide bonds. The van der Waals surface area contributed by atoms with E-state index in [1.807, 2.05) is 44.2 Å². The van der Waals surface area contributed by atoms with Crippen LogP contribution in [0.5, 0.6) is 5.75 Å². The quantitative estimate of drug-likeness (QED) is 0.632. The lowest BCUT2D eigenvalue weighted by Gasteiger charge is -2.14. The van der Waals surface area contributed by atoms with Gasteiger partial charge >= 0.3 is 0 Å². The van der Waals surface area contributed by atoms with Crippen LogP contribution in [0.1, 0.15) is 24.3 Å². The fourth-order valence-electron chi connectivity index (χ4n) is 2.60. The highest BCUT2D eigenvalue weighted by Gasteiger charge is 2.15. The fourth-order valence-corrected chi connectivity index (χ4v) is 2.77. The fraction of sp³-hybridized carbons (Fsp3) is 0.190. The predicted molar refractivity (Wildman–Crippen MR) is 111 cm³/mol. The van der Waals surface area contributed by atoms with E-state index in [1.165, 1.54) is 0 Å². The summed E-state index contributed by atoms with van der Waals surface area (Å²) in [5, 5.41) is 6.59. The van der Waals surface area contributed by atoms with Gasteiger partial charge in [-0.05, 0) is 32.0 Å². The van der Waals surface area contributed by atoms with Crippen LogP contribution in [0.4, 0.5) is 11.5 Å². The number of hydrogen-bond donors (Lipinski definition) is 2. The van der Waals surface area contributed by atoms with Crippen LogP contribution in [0, 0.1) is 0 Å². The SMILES string of the molecule is COc1ccc(Cl)cc1Nc1cc(C(=O)NC(C)C)nc(-c2ccccc2)n1. The van der Waals surface area contributed by atoms with Gasteiger partial charge < -0.3 is 15.4 Å². The monoisotopic (exact) mass is 396 g/mol. The van der Waals surface area contributed by atoms with Gasteiger partial charge in [0.1, 0.15) is 17.3 Å². The molecule has 0 saturated heterocycles. The number of rotatable bonds is 6. The van der Waals surface area contributed by atoms with Crippen molar-refractivity contribution in [2.45, 2.75) is 19.9 Å². The number of amides is 1. The van der Waals surface area contributed by atoms with Gasteiger partial charge in [-0.1, -0.05) is 41.9 Å². The minimum atomic E-state index is -0.268. The van der Waals surface area contributed by atoms with Gasteiger partial charge in [-0.15, -0.1) is 0 Å². The van der Waals surface area contributed by atoms with Crippen molar-refractivity contribution in [2.75, 3.05) is 12.4 Å². The molecule has 0 aliphatic heterocycles. The van der Waals surface area contributed by atoms with E-state index in [4.69, 9.17) is 16.3 Å². The molecule has 3 rings (SSSR count). The Balaban J connectivity index is 2.05. The summed E-state index contributed by atoms with van der Waals surface area (Å²) in [4.78, 5) is 21.5. The third kappa shape index (κ3) is 4.78. The second-order valence-electron chi connectivity index (χ2n) is 6.43. The first-order valence-electron chi connectivity index (χ1n) is 8.82. The molecule has 0 atom stereocenters. The molecule has 0 radical (unpaired) electrons. The topological polar surface area (TPSA) is 76.1 Å². The molecule has 2 N–H and O–H groups in total. The van der Waals surface area contributed by atoms with Crippen LogP contribution in [0.2, 0.25) is 5.02 Å². The Morgan fingerprint density at radius 1 is 1.07 bits per heavy atom. The molecule has 28 heavy (non-hydrogen) atoms. The molecule has 0 aliphatic carbocycles. The number of benzene rings is 2. The van der Waals surface area contributed by atoms with Crippen molar-refractivity contribution in [1.82, 2.24) is 15.3 Å². The molecular weight excluding hydrogens is 376 g/mol. The summed E-state index contributed by atoms with van der Waals surface area (Å²) in [5.74, 6) is 1.25. The van der Waals surface area contributed by atoms with E-state index in [-0.39, 0.29) is 17.6 Å². The van der Waals surface area contributed by atoms with Gasteiger partial charge in [-0.25, -0.2) is 9.97 Å². The molecule has 6 nitrogen and oxygen atoms in total. The summed E-state index contributed by atoms with van der Waals surface area (Å²) in [6.45, 7) is 3.79. The normalized spacial score (nSPS) is 10.6. The Bertz CT molecular complexity index is 977. The number of nitrogens with one attached hydrogen (secondary N) is 2. The Morgan fingerprint density at radius 3 is 2.50 bits per heavy atom. The molecule has 0 aliphatic rings. The molecule has 144 valence electrons. The maximum Gasteiger partial charge on any atom is 0.270 e. The van der Waals surface area contributed by atoms with Crippen molar-refractivity contribution >= 4 is 29.0 Å². The smallest absolute Gasteiger partial charge is 0.270 e. The van der Waals surface area contributed by atoms with Crippen LogP contribution in [0.3, 0.4) is 0 Å². The highest BCUT2D eigenvalue weighted by Crippen LogP contribution is 2.30. The number of anilines is 2. The summed E-state index contributed by atoms with van der Waals surface area (Å²) in [6.07, 6.45) is 0. The Labute approximate surface area is 168 Å². The molecular formula is C21H21ClN4O2. The predicted octanol–water partition coefficient (Wildman–Crippen LogP) is 4.69. The number of nitrogens with zero attached hydrogens (tertiary/aromatic N) is 2. The van der Waals surface area contributed by atoms with Crippen LogP contribution in [-0.2, 0) is 0 Å². The zero-order chi connectivity index (χ0) is 20.1. The van der Waals surface area contributed by atoms with Crippen LogP contribution >= 0.6 is 11.6 Å². The van der Waals surface area contributed by atoms with Crippen molar-refractivity contribution in [1.29, 1.82) is 0 Å². The van der Waals surface area contributed by atoms with Gasteiger partial charge in [0.2, 0.25) is 0 Å². The van der Waals surface area contributed by atoms with Crippen LogP contribution in [-0.4, -0.2) is 29.0 Å². The van der Waals surface area contributed by atoms with Crippen molar-refractivity contribution < 1.29 is 9.53 Å². The summed E-state index contributed by atoms with van der Waals surface area (Å²) in [5.41, 5.74) is 1.72. The Morgan fingerprint density at radius 2 is 1.82 bits per heavy atom. The largest absolute Gasteiger partial charge is 0.495 e. The summed E-state index contributed by atoms with van der Waals surface area (Å²) < 4.78 is 5.37. The number of halogens is 1. The van der Waals surface area contributed by atoms with Gasteiger partial charge in [0, 0.05) is 22.7 Å². The maximum atomic E-state index is 12.5. The average molecular weight is 397 g/mol. The van der Waals surface area contributed by atoms with Gasteiger partial charge in [-0.2, -0.15) is 0 Å². The van der Waals surface area contributed by atoms with Crippen LogP contribution < -0.4 is 15.4 Å². The highest BCUT2D eigenvalue weighted by atomic mass is 35.5. The molecule has 0 bridgehead atoms.